The maximum atomic E-state index is 13.2. The van der Waals surface area contributed by atoms with Gasteiger partial charge in [0, 0.05) is 18.3 Å². The third-order valence-corrected chi connectivity index (χ3v) is 7.07. The van der Waals surface area contributed by atoms with E-state index in [1.807, 2.05) is 39.8 Å². The number of hydroxylamine groups is 3. The summed E-state index contributed by atoms with van der Waals surface area (Å²) in [7, 11) is 0. The highest BCUT2D eigenvalue weighted by Crippen LogP contribution is 2.48. The number of fused-ring (bicyclic) bond motifs is 2. The summed E-state index contributed by atoms with van der Waals surface area (Å²) in [4.78, 5) is 4.66. The van der Waals surface area contributed by atoms with Gasteiger partial charge in [0.25, 0.3) is 0 Å². The van der Waals surface area contributed by atoms with Gasteiger partial charge in [-0.2, -0.15) is 0 Å². The molecule has 0 N–H and O–H groups in total. The highest BCUT2D eigenvalue weighted by atomic mass is 16.5. The summed E-state index contributed by atoms with van der Waals surface area (Å²) >= 11 is 0. The summed E-state index contributed by atoms with van der Waals surface area (Å²) in [6.07, 6.45) is 2.01. The van der Waals surface area contributed by atoms with Crippen LogP contribution in [-0.2, 0) is 5.21 Å². The molecule has 0 unspecified atom stereocenters. The topological polar surface area (TPSA) is 55.7 Å². The molecule has 0 aliphatic carbocycles. The van der Waals surface area contributed by atoms with Crippen LogP contribution in [0.1, 0.15) is 59.9 Å². The van der Waals surface area contributed by atoms with Crippen molar-refractivity contribution in [3.8, 4) is 0 Å². The van der Waals surface area contributed by atoms with Crippen molar-refractivity contribution in [2.75, 3.05) is 22.9 Å². The van der Waals surface area contributed by atoms with Crippen molar-refractivity contribution in [1.29, 1.82) is 0 Å². The Kier molecular flexibility index (Phi) is 5.16. The van der Waals surface area contributed by atoms with E-state index in [2.05, 4.69) is 54.0 Å². The van der Waals surface area contributed by atoms with Crippen LogP contribution in [0.25, 0.3) is 0 Å². The van der Waals surface area contributed by atoms with Crippen molar-refractivity contribution in [3.05, 3.63) is 53.2 Å². The summed E-state index contributed by atoms with van der Waals surface area (Å²) < 4.78 is 0.895. The molecule has 4 rings (SSSR count). The van der Waals surface area contributed by atoms with Crippen LogP contribution in [0.3, 0.4) is 0 Å². The Balaban J connectivity index is 1.90. The van der Waals surface area contributed by atoms with Crippen LogP contribution in [-0.4, -0.2) is 39.8 Å². The van der Waals surface area contributed by atoms with E-state index >= 15 is 0 Å². The minimum Gasteiger partial charge on any atom is -0.714 e. The largest absolute Gasteiger partial charge is 0.714 e. The van der Waals surface area contributed by atoms with Gasteiger partial charge in [0.05, 0.1) is 28.3 Å². The van der Waals surface area contributed by atoms with E-state index in [0.717, 1.165) is 52.8 Å². The first-order valence-electron chi connectivity index (χ1n) is 11.3. The zero-order valence-corrected chi connectivity index (χ0v) is 19.5. The summed E-state index contributed by atoms with van der Waals surface area (Å²) in [5, 5.41) is 27.3. The molecule has 0 saturated carbocycles. The van der Waals surface area contributed by atoms with Crippen LogP contribution in [0.15, 0.2) is 42.5 Å². The number of rotatable bonds is 5. The Labute approximate surface area is 185 Å². The highest BCUT2D eigenvalue weighted by molar-refractivity contribution is 6.01. The summed E-state index contributed by atoms with van der Waals surface area (Å²) in [5.41, 5.74) is 3.53. The monoisotopic (exact) mass is 421 g/mol. The number of anilines is 4. The normalized spacial score (nSPS) is 19.0. The molecule has 2 aromatic carbocycles. The molecule has 0 fully saturated rings. The third kappa shape index (κ3) is 2.99. The summed E-state index contributed by atoms with van der Waals surface area (Å²) in [6, 6.07) is 14.5. The second kappa shape index (κ2) is 7.45. The first kappa shape index (κ1) is 21.5. The van der Waals surface area contributed by atoms with Gasteiger partial charge < -0.3 is 15.0 Å². The van der Waals surface area contributed by atoms with Gasteiger partial charge in [0.15, 0.2) is 5.54 Å². The van der Waals surface area contributed by atoms with E-state index in [1.165, 1.54) is 5.69 Å². The van der Waals surface area contributed by atoms with E-state index in [9.17, 15) is 10.4 Å². The molecule has 6 heteroatoms. The molecule has 0 atom stereocenters. The zero-order valence-electron chi connectivity index (χ0n) is 19.5. The van der Waals surface area contributed by atoms with Crippen molar-refractivity contribution in [2.24, 2.45) is 0 Å². The van der Waals surface area contributed by atoms with Crippen LogP contribution >= 0.6 is 0 Å². The van der Waals surface area contributed by atoms with Crippen LogP contribution in [0, 0.1) is 5.21 Å². The lowest BCUT2D eigenvalue weighted by Crippen LogP contribution is -2.53. The van der Waals surface area contributed by atoms with Gasteiger partial charge >= 0.3 is 5.84 Å². The zero-order chi connectivity index (χ0) is 22.6. The lowest BCUT2D eigenvalue weighted by atomic mass is 9.84. The van der Waals surface area contributed by atoms with Crippen LogP contribution < -0.4 is 9.80 Å². The molecule has 31 heavy (non-hydrogen) atoms. The Hall–Kier alpha value is -2.73. The van der Waals surface area contributed by atoms with E-state index in [0.29, 0.717) is 5.56 Å². The smallest absolute Gasteiger partial charge is 0.316 e. The van der Waals surface area contributed by atoms with Crippen molar-refractivity contribution in [1.82, 2.24) is 5.06 Å². The molecule has 1 radical (unpaired) electrons. The first-order valence-corrected chi connectivity index (χ1v) is 11.3. The average Bonchev–Trinajstić information content (AvgIpc) is 2.86. The second-order valence-corrected chi connectivity index (χ2v) is 9.53. The Morgan fingerprint density at radius 1 is 0.839 bits per heavy atom. The molecule has 2 aliphatic heterocycles. The molecule has 2 aromatic rings. The lowest BCUT2D eigenvalue weighted by molar-refractivity contribution is -0.539. The maximum Gasteiger partial charge on any atom is 0.316 e. The molecule has 165 valence electrons. The fourth-order valence-electron chi connectivity index (χ4n) is 4.56. The average molecular weight is 422 g/mol. The minimum atomic E-state index is -0.829. The number of hydrogen-bond acceptors (Lipinski definition) is 4. The van der Waals surface area contributed by atoms with Crippen LogP contribution in [0.5, 0.6) is 0 Å². The van der Waals surface area contributed by atoms with Crippen molar-refractivity contribution < 1.29 is 9.95 Å². The third-order valence-electron chi connectivity index (χ3n) is 7.07. The minimum absolute atomic E-state index is 0.190. The van der Waals surface area contributed by atoms with Gasteiger partial charge in [-0.1, -0.05) is 31.0 Å². The highest BCUT2D eigenvalue weighted by Gasteiger charge is 2.60. The Bertz CT molecular complexity index is 1030. The number of nitrogens with zero attached hydrogens (tertiary/aromatic N) is 4. The molecular weight excluding hydrogens is 388 g/mol. The van der Waals surface area contributed by atoms with Crippen molar-refractivity contribution >= 4 is 28.6 Å². The molecular formula is C25H33N4O2. The number of hydrogen-bond donors (Lipinski definition) is 0. The fraction of sp³-hybridized carbons (Fsp3) is 0.480. The van der Waals surface area contributed by atoms with Gasteiger partial charge in [-0.05, 0) is 70.9 Å². The van der Waals surface area contributed by atoms with Gasteiger partial charge in [0.1, 0.15) is 5.54 Å². The quantitative estimate of drug-likeness (QED) is 0.468. The Morgan fingerprint density at radius 2 is 1.35 bits per heavy atom. The van der Waals surface area contributed by atoms with Gasteiger partial charge in [-0.15, -0.1) is 0 Å². The molecule has 0 saturated heterocycles. The molecule has 0 bridgehead atoms. The first-order chi connectivity index (χ1) is 14.7. The molecule has 2 heterocycles. The number of benzene rings is 2. The predicted molar refractivity (Wildman–Crippen MR) is 126 cm³/mol. The van der Waals surface area contributed by atoms with Gasteiger partial charge in [-0.3, -0.25) is 4.74 Å². The van der Waals surface area contributed by atoms with Crippen LogP contribution in [0.2, 0.25) is 0 Å². The summed E-state index contributed by atoms with van der Waals surface area (Å²) in [6.45, 7) is 13.4. The fourth-order valence-corrected chi connectivity index (χ4v) is 4.56. The van der Waals surface area contributed by atoms with Gasteiger partial charge in [0.2, 0.25) is 0 Å². The van der Waals surface area contributed by atoms with Crippen molar-refractivity contribution in [2.45, 2.75) is 65.5 Å². The molecule has 6 nitrogen and oxygen atoms in total. The molecule has 0 spiro atoms. The lowest BCUT2D eigenvalue weighted by Gasteiger charge is -2.40. The number of amidine groups is 1. The SMILES string of the molecule is CCCN1c2ccccc2N(CCC)c2cc(C3=[N+]([O-])C(C)(C)C(C)(C)N3[O])ccc21. The maximum absolute atomic E-state index is 13.2. The van der Waals surface area contributed by atoms with Crippen molar-refractivity contribution in [3.63, 3.8) is 0 Å². The second-order valence-electron chi connectivity index (χ2n) is 9.53. The molecule has 2 aliphatic rings. The molecule has 0 aromatic heterocycles. The van der Waals surface area contributed by atoms with Crippen LogP contribution in [0.4, 0.5) is 22.7 Å². The van der Waals surface area contributed by atoms with E-state index in [4.69, 9.17) is 0 Å². The van der Waals surface area contributed by atoms with E-state index in [1.54, 1.807) is 0 Å². The van der Waals surface area contributed by atoms with Gasteiger partial charge in [-0.25, -0.2) is 0 Å². The predicted octanol–water partition coefficient (Wildman–Crippen LogP) is 5.57. The number of para-hydroxylation sites is 2. The van der Waals surface area contributed by atoms with E-state index in [-0.39, 0.29) is 5.84 Å². The molecule has 0 amide bonds. The standard InChI is InChI=1S/C25H33N4O2/c1-7-15-26-19-11-9-10-12-20(19)27(16-8-2)22-17-18(13-14-21(22)26)23-28(30)24(3,4)25(5,6)29(23)31/h9-14,17H,7-8,15-16H2,1-6H3. The summed E-state index contributed by atoms with van der Waals surface area (Å²) in [5.74, 6) is 0.190. The van der Waals surface area contributed by atoms with E-state index < -0.39 is 11.1 Å². The Morgan fingerprint density at radius 3 is 1.84 bits per heavy atom.